The standard InChI is InChI=1S/C20H15FN6O3/c1-13-22-9-11-25(13)19-7-2-14(12-17(19)21)23-20(28)18-8-10-26(24-18)15-3-5-16(6-4-15)27(29)30/h2-12H,1H3,(H,23,28). The van der Waals surface area contributed by atoms with E-state index in [2.05, 4.69) is 15.4 Å². The number of imidazole rings is 1. The van der Waals surface area contributed by atoms with Gasteiger partial charge in [0.15, 0.2) is 5.69 Å². The van der Waals surface area contributed by atoms with Crippen molar-refractivity contribution in [1.82, 2.24) is 19.3 Å². The predicted octanol–water partition coefficient (Wildman–Crippen LogP) is 3.67. The summed E-state index contributed by atoms with van der Waals surface area (Å²) in [6.07, 6.45) is 4.78. The number of hydrogen-bond acceptors (Lipinski definition) is 5. The zero-order valence-electron chi connectivity index (χ0n) is 15.7. The first-order valence-corrected chi connectivity index (χ1v) is 8.84. The van der Waals surface area contributed by atoms with Crippen molar-refractivity contribution in [3.05, 3.63) is 94.6 Å². The lowest BCUT2D eigenvalue weighted by Gasteiger charge is -2.09. The molecule has 2 heterocycles. The second kappa shape index (κ2) is 7.59. The number of nitro benzene ring substituents is 1. The highest BCUT2D eigenvalue weighted by Gasteiger charge is 2.14. The van der Waals surface area contributed by atoms with Crippen LogP contribution in [0.25, 0.3) is 11.4 Å². The number of aryl methyl sites for hydroxylation is 1. The molecule has 0 radical (unpaired) electrons. The molecule has 9 nitrogen and oxygen atoms in total. The van der Waals surface area contributed by atoms with Gasteiger partial charge in [0.25, 0.3) is 11.6 Å². The van der Waals surface area contributed by atoms with Crippen LogP contribution in [-0.4, -0.2) is 30.2 Å². The van der Waals surface area contributed by atoms with Crippen molar-refractivity contribution in [2.45, 2.75) is 6.92 Å². The van der Waals surface area contributed by atoms with Crippen LogP contribution >= 0.6 is 0 Å². The number of nitrogens with zero attached hydrogens (tertiary/aromatic N) is 5. The fourth-order valence-corrected chi connectivity index (χ4v) is 2.92. The molecular weight excluding hydrogens is 391 g/mol. The SMILES string of the molecule is Cc1nccn1-c1ccc(NC(=O)c2ccn(-c3ccc([N+](=O)[O-])cc3)n2)cc1F. The van der Waals surface area contributed by atoms with E-state index in [0.717, 1.165) is 0 Å². The number of benzene rings is 2. The van der Waals surface area contributed by atoms with E-state index in [-0.39, 0.29) is 17.1 Å². The van der Waals surface area contributed by atoms with Crippen LogP contribution in [0.3, 0.4) is 0 Å². The minimum atomic E-state index is -0.512. The first-order valence-electron chi connectivity index (χ1n) is 8.84. The van der Waals surface area contributed by atoms with E-state index in [1.807, 2.05) is 0 Å². The minimum absolute atomic E-state index is 0.0415. The molecule has 0 unspecified atom stereocenters. The zero-order valence-corrected chi connectivity index (χ0v) is 15.7. The summed E-state index contributed by atoms with van der Waals surface area (Å²) in [5.74, 6) is -0.380. The number of carbonyl (C=O) groups excluding carboxylic acids is 1. The van der Waals surface area contributed by atoms with Gasteiger partial charge in [-0.05, 0) is 43.3 Å². The van der Waals surface area contributed by atoms with Gasteiger partial charge in [-0.3, -0.25) is 14.9 Å². The minimum Gasteiger partial charge on any atom is -0.320 e. The Labute approximate surface area is 169 Å². The van der Waals surface area contributed by atoms with E-state index in [1.54, 1.807) is 42.2 Å². The number of aromatic nitrogens is 4. The van der Waals surface area contributed by atoms with Crippen molar-refractivity contribution in [2.24, 2.45) is 0 Å². The third-order valence-electron chi connectivity index (χ3n) is 4.44. The second-order valence-corrected chi connectivity index (χ2v) is 6.38. The molecule has 0 saturated heterocycles. The van der Waals surface area contributed by atoms with Gasteiger partial charge < -0.3 is 9.88 Å². The van der Waals surface area contributed by atoms with Gasteiger partial charge in [-0.1, -0.05) is 0 Å². The molecule has 1 amide bonds. The zero-order chi connectivity index (χ0) is 21.3. The van der Waals surface area contributed by atoms with Crippen molar-refractivity contribution in [1.29, 1.82) is 0 Å². The monoisotopic (exact) mass is 406 g/mol. The maximum atomic E-state index is 14.5. The Kier molecular flexibility index (Phi) is 4.80. The van der Waals surface area contributed by atoms with Crippen LogP contribution in [-0.2, 0) is 0 Å². The number of non-ortho nitro benzene ring substituents is 1. The molecule has 0 spiro atoms. The predicted molar refractivity (Wildman–Crippen MR) is 106 cm³/mol. The summed E-state index contributed by atoms with van der Waals surface area (Å²) in [6, 6.07) is 11.6. The van der Waals surface area contributed by atoms with Crippen molar-refractivity contribution in [2.75, 3.05) is 5.32 Å². The molecule has 0 aliphatic rings. The average molecular weight is 406 g/mol. The number of nitrogens with one attached hydrogen (secondary N) is 1. The van der Waals surface area contributed by atoms with E-state index >= 15 is 0 Å². The van der Waals surface area contributed by atoms with Crippen LogP contribution in [0, 0.1) is 22.9 Å². The lowest BCUT2D eigenvalue weighted by Crippen LogP contribution is -2.13. The molecule has 2 aromatic heterocycles. The van der Waals surface area contributed by atoms with Crippen LogP contribution in [0.5, 0.6) is 0 Å². The van der Waals surface area contributed by atoms with Crippen molar-refractivity contribution in [3.63, 3.8) is 0 Å². The van der Waals surface area contributed by atoms with Crippen LogP contribution in [0.1, 0.15) is 16.3 Å². The first kappa shape index (κ1) is 19.0. The van der Waals surface area contributed by atoms with E-state index in [9.17, 15) is 19.3 Å². The number of halogens is 1. The first-order chi connectivity index (χ1) is 14.4. The van der Waals surface area contributed by atoms with E-state index < -0.39 is 16.6 Å². The molecule has 0 aliphatic heterocycles. The topological polar surface area (TPSA) is 108 Å². The molecule has 30 heavy (non-hydrogen) atoms. The van der Waals surface area contributed by atoms with Crippen LogP contribution < -0.4 is 5.32 Å². The van der Waals surface area contributed by atoms with E-state index in [1.165, 1.54) is 41.1 Å². The molecule has 0 fully saturated rings. The largest absolute Gasteiger partial charge is 0.320 e. The molecule has 150 valence electrons. The number of hydrogen-bond donors (Lipinski definition) is 1. The molecule has 0 atom stereocenters. The van der Waals surface area contributed by atoms with E-state index in [0.29, 0.717) is 17.2 Å². The van der Waals surface area contributed by atoms with Gasteiger partial charge in [-0.25, -0.2) is 14.1 Å². The molecule has 0 aliphatic carbocycles. The Bertz CT molecular complexity index is 1250. The molecule has 0 bridgehead atoms. The lowest BCUT2D eigenvalue weighted by atomic mass is 10.2. The van der Waals surface area contributed by atoms with E-state index in [4.69, 9.17) is 0 Å². The summed E-state index contributed by atoms with van der Waals surface area (Å²) in [6.45, 7) is 1.76. The molecule has 4 aromatic rings. The number of rotatable bonds is 5. The quantitative estimate of drug-likeness (QED) is 0.402. The smallest absolute Gasteiger partial charge is 0.276 e. The van der Waals surface area contributed by atoms with Gasteiger partial charge in [0.05, 0.1) is 16.3 Å². The van der Waals surface area contributed by atoms with Crippen LogP contribution in [0.15, 0.2) is 67.1 Å². The van der Waals surface area contributed by atoms with Crippen molar-refractivity contribution in [3.8, 4) is 11.4 Å². The van der Waals surface area contributed by atoms with Gasteiger partial charge in [0.1, 0.15) is 11.6 Å². The summed E-state index contributed by atoms with van der Waals surface area (Å²) in [5, 5.41) is 17.5. The number of anilines is 1. The van der Waals surface area contributed by atoms with Crippen LogP contribution in [0.4, 0.5) is 15.8 Å². The summed E-state index contributed by atoms with van der Waals surface area (Å²) >= 11 is 0. The van der Waals surface area contributed by atoms with Gasteiger partial charge in [0, 0.05) is 36.4 Å². The number of carbonyl (C=O) groups is 1. The summed E-state index contributed by atoms with van der Waals surface area (Å²) in [7, 11) is 0. The normalized spacial score (nSPS) is 10.7. The van der Waals surface area contributed by atoms with Crippen molar-refractivity contribution < 1.29 is 14.1 Å². The highest BCUT2D eigenvalue weighted by atomic mass is 19.1. The molecule has 1 N–H and O–H groups in total. The maximum Gasteiger partial charge on any atom is 0.276 e. The van der Waals surface area contributed by atoms with Crippen molar-refractivity contribution >= 4 is 17.3 Å². The number of nitro groups is 1. The Hall–Kier alpha value is -4.34. The number of amides is 1. The molecule has 0 saturated carbocycles. The Morgan fingerprint density at radius 2 is 1.90 bits per heavy atom. The van der Waals surface area contributed by atoms with Gasteiger partial charge in [-0.15, -0.1) is 0 Å². The highest BCUT2D eigenvalue weighted by molar-refractivity contribution is 6.02. The second-order valence-electron chi connectivity index (χ2n) is 6.38. The third kappa shape index (κ3) is 3.65. The van der Waals surface area contributed by atoms with Gasteiger partial charge >= 0.3 is 0 Å². The molecule has 4 rings (SSSR count). The van der Waals surface area contributed by atoms with Gasteiger partial charge in [-0.2, -0.15) is 5.10 Å². The summed E-state index contributed by atoms with van der Waals surface area (Å²) in [5.41, 5.74) is 1.24. The summed E-state index contributed by atoms with van der Waals surface area (Å²) in [4.78, 5) is 26.8. The summed E-state index contributed by atoms with van der Waals surface area (Å²) < 4.78 is 17.5. The third-order valence-corrected chi connectivity index (χ3v) is 4.44. The fraction of sp³-hybridized carbons (Fsp3) is 0.0500. The highest BCUT2D eigenvalue weighted by Crippen LogP contribution is 2.20. The fourth-order valence-electron chi connectivity index (χ4n) is 2.92. The van der Waals surface area contributed by atoms with Gasteiger partial charge in [0.2, 0.25) is 0 Å². The Morgan fingerprint density at radius 1 is 1.13 bits per heavy atom. The molecule has 2 aromatic carbocycles. The average Bonchev–Trinajstić information content (AvgIpc) is 3.38. The van der Waals surface area contributed by atoms with Crippen LogP contribution in [0.2, 0.25) is 0 Å². The molecular formula is C20H15FN6O3. The Balaban J connectivity index is 1.50. The Morgan fingerprint density at radius 3 is 2.53 bits per heavy atom. The molecule has 10 heteroatoms. The maximum absolute atomic E-state index is 14.5. The lowest BCUT2D eigenvalue weighted by molar-refractivity contribution is -0.384.